The van der Waals surface area contributed by atoms with Crippen LogP contribution in [0.4, 0.5) is 0 Å². The van der Waals surface area contributed by atoms with Gasteiger partial charge in [0, 0.05) is 11.1 Å². The largest absolute Gasteiger partial charge is 0.497 e. The molecule has 0 aliphatic heterocycles. The summed E-state index contributed by atoms with van der Waals surface area (Å²) in [7, 11) is 6.28. The number of methoxy groups -OCH3 is 4. The van der Waals surface area contributed by atoms with Crippen LogP contribution in [0.25, 0.3) is 0 Å². The third-order valence-electron chi connectivity index (χ3n) is 4.16. The van der Waals surface area contributed by atoms with Crippen molar-refractivity contribution < 1.29 is 28.6 Å². The molecule has 0 bridgehead atoms. The lowest BCUT2D eigenvalue weighted by atomic mass is 10.1. The number of hydrogen-bond donors (Lipinski definition) is 1. The molecule has 0 aliphatic carbocycles. The van der Waals surface area contributed by atoms with Crippen molar-refractivity contribution in [1.29, 1.82) is 0 Å². The second-order valence-electron chi connectivity index (χ2n) is 6.02. The monoisotopic (exact) mass is 402 g/mol. The van der Waals surface area contributed by atoms with Gasteiger partial charge in [-0.25, -0.2) is 0 Å². The van der Waals surface area contributed by atoms with Crippen molar-refractivity contribution in [2.45, 2.75) is 13.0 Å². The molecule has 1 atom stereocenters. The summed E-state index contributed by atoms with van der Waals surface area (Å²) in [5.74, 6) is 2.22. The van der Waals surface area contributed by atoms with E-state index in [1.165, 1.54) is 6.21 Å². The van der Waals surface area contributed by atoms with Crippen LogP contribution in [0, 0.1) is 0 Å². The Morgan fingerprint density at radius 3 is 2.31 bits per heavy atom. The highest BCUT2D eigenvalue weighted by Gasteiger charge is 2.15. The number of ether oxygens (including phenoxy) is 4. The summed E-state index contributed by atoms with van der Waals surface area (Å²) in [6.07, 6.45) is 1.49. The summed E-state index contributed by atoms with van der Waals surface area (Å²) in [5, 5.41) is 6.67. The van der Waals surface area contributed by atoms with E-state index in [9.17, 15) is 4.79 Å². The fourth-order valence-electron chi connectivity index (χ4n) is 2.67. The number of rotatable bonds is 10. The van der Waals surface area contributed by atoms with Gasteiger partial charge in [0.25, 0.3) is 5.91 Å². The molecule has 29 heavy (non-hydrogen) atoms. The molecule has 1 N–H and O–H groups in total. The van der Waals surface area contributed by atoms with Crippen molar-refractivity contribution in [3.8, 4) is 23.0 Å². The zero-order valence-electron chi connectivity index (χ0n) is 17.2. The third kappa shape index (κ3) is 6.03. The molecule has 0 radical (unpaired) electrons. The summed E-state index contributed by atoms with van der Waals surface area (Å²) in [5.41, 5.74) is 1.55. The van der Waals surface area contributed by atoms with Gasteiger partial charge in [0.1, 0.15) is 11.5 Å². The predicted octanol–water partition coefficient (Wildman–Crippen LogP) is 2.95. The Morgan fingerprint density at radius 1 is 0.966 bits per heavy atom. The van der Waals surface area contributed by atoms with Gasteiger partial charge >= 0.3 is 0 Å². The van der Waals surface area contributed by atoms with Crippen molar-refractivity contribution >= 4 is 12.1 Å². The van der Waals surface area contributed by atoms with Gasteiger partial charge in [-0.2, -0.15) is 0 Å². The van der Waals surface area contributed by atoms with Gasteiger partial charge in [-0.1, -0.05) is 5.16 Å². The highest BCUT2D eigenvalue weighted by molar-refractivity contribution is 5.81. The molecule has 2 rings (SSSR count). The van der Waals surface area contributed by atoms with Crippen LogP contribution < -0.4 is 24.3 Å². The molecule has 8 nitrogen and oxygen atoms in total. The Bertz CT molecular complexity index is 853. The molecule has 156 valence electrons. The average molecular weight is 402 g/mol. The van der Waals surface area contributed by atoms with Crippen LogP contribution in [0.3, 0.4) is 0 Å². The van der Waals surface area contributed by atoms with E-state index in [-0.39, 0.29) is 18.6 Å². The maximum absolute atomic E-state index is 12.2. The zero-order valence-corrected chi connectivity index (χ0v) is 17.2. The number of nitrogens with one attached hydrogen (secondary N) is 1. The molecule has 8 heteroatoms. The number of nitrogens with zero attached hydrogens (tertiary/aromatic N) is 1. The SMILES string of the molecule is COc1ccc(OC)c(C(C)NC(=O)CO/N=C/c2ccc(OC)c(OC)c2)c1. The Balaban J connectivity index is 1.91. The van der Waals surface area contributed by atoms with E-state index in [1.54, 1.807) is 58.8 Å². The van der Waals surface area contributed by atoms with Crippen LogP contribution in [0.5, 0.6) is 23.0 Å². The van der Waals surface area contributed by atoms with Crippen LogP contribution in [-0.4, -0.2) is 47.2 Å². The van der Waals surface area contributed by atoms with E-state index >= 15 is 0 Å². The van der Waals surface area contributed by atoms with Crippen molar-refractivity contribution in [2.75, 3.05) is 35.0 Å². The molecule has 0 aromatic heterocycles. The van der Waals surface area contributed by atoms with Gasteiger partial charge in [0.05, 0.1) is 40.7 Å². The predicted molar refractivity (Wildman–Crippen MR) is 109 cm³/mol. The molecule has 2 aromatic carbocycles. The molecule has 0 fully saturated rings. The van der Waals surface area contributed by atoms with Crippen LogP contribution in [-0.2, 0) is 9.63 Å². The smallest absolute Gasteiger partial charge is 0.261 e. The van der Waals surface area contributed by atoms with Gasteiger partial charge in [-0.05, 0) is 43.3 Å². The van der Waals surface area contributed by atoms with E-state index in [1.807, 2.05) is 13.0 Å². The van der Waals surface area contributed by atoms with Gasteiger partial charge in [-0.3, -0.25) is 4.79 Å². The molecule has 1 unspecified atom stereocenters. The lowest BCUT2D eigenvalue weighted by molar-refractivity contribution is -0.126. The standard InChI is InChI=1S/C21H26N2O6/c1-14(17-11-16(25-2)7-9-18(17)26-3)23-21(24)13-29-22-12-15-6-8-19(27-4)20(10-15)28-5/h6-12,14H,13H2,1-5H3,(H,23,24)/b22-12+. The normalized spacial score (nSPS) is 11.6. The Labute approximate surface area is 170 Å². The summed E-state index contributed by atoms with van der Waals surface area (Å²) < 4.78 is 21.0. The fourth-order valence-corrected chi connectivity index (χ4v) is 2.67. The minimum absolute atomic E-state index is 0.222. The third-order valence-corrected chi connectivity index (χ3v) is 4.16. The maximum Gasteiger partial charge on any atom is 0.261 e. The lowest BCUT2D eigenvalue weighted by Gasteiger charge is -2.18. The van der Waals surface area contributed by atoms with Crippen LogP contribution >= 0.6 is 0 Å². The summed E-state index contributed by atoms with van der Waals surface area (Å²) in [4.78, 5) is 17.3. The highest BCUT2D eigenvalue weighted by Crippen LogP contribution is 2.29. The van der Waals surface area contributed by atoms with Crippen LogP contribution in [0.1, 0.15) is 24.1 Å². The Kier molecular flexibility index (Phi) is 8.14. The molecule has 1 amide bonds. The minimum atomic E-state index is -0.313. The summed E-state index contributed by atoms with van der Waals surface area (Å²) >= 11 is 0. The van der Waals surface area contributed by atoms with Crippen molar-refractivity contribution in [3.63, 3.8) is 0 Å². The minimum Gasteiger partial charge on any atom is -0.497 e. The Morgan fingerprint density at radius 2 is 1.66 bits per heavy atom. The van der Waals surface area contributed by atoms with Gasteiger partial charge in [0.2, 0.25) is 0 Å². The molecule has 0 saturated heterocycles. The second-order valence-corrected chi connectivity index (χ2v) is 6.02. The van der Waals surface area contributed by atoms with Crippen molar-refractivity contribution in [3.05, 3.63) is 47.5 Å². The summed E-state index contributed by atoms with van der Waals surface area (Å²) in [6.45, 7) is 1.63. The molecular formula is C21H26N2O6. The van der Waals surface area contributed by atoms with E-state index < -0.39 is 0 Å². The number of amides is 1. The van der Waals surface area contributed by atoms with E-state index in [4.69, 9.17) is 23.8 Å². The van der Waals surface area contributed by atoms with Crippen LogP contribution in [0.2, 0.25) is 0 Å². The summed E-state index contributed by atoms with van der Waals surface area (Å²) in [6, 6.07) is 10.4. The first-order chi connectivity index (χ1) is 14.0. The average Bonchev–Trinajstić information content (AvgIpc) is 2.75. The molecule has 2 aromatic rings. The number of oxime groups is 1. The van der Waals surface area contributed by atoms with Gasteiger partial charge < -0.3 is 29.1 Å². The maximum atomic E-state index is 12.2. The van der Waals surface area contributed by atoms with Crippen molar-refractivity contribution in [2.24, 2.45) is 5.16 Å². The second kappa shape index (κ2) is 10.8. The highest BCUT2D eigenvalue weighted by atomic mass is 16.6. The zero-order chi connectivity index (χ0) is 21.2. The first kappa shape index (κ1) is 21.9. The van der Waals surface area contributed by atoms with Crippen molar-refractivity contribution in [1.82, 2.24) is 5.32 Å². The van der Waals surface area contributed by atoms with Gasteiger partial charge in [-0.15, -0.1) is 0 Å². The number of benzene rings is 2. The topological polar surface area (TPSA) is 87.6 Å². The van der Waals surface area contributed by atoms with Crippen LogP contribution in [0.15, 0.2) is 41.6 Å². The quantitative estimate of drug-likeness (QED) is 0.486. The van der Waals surface area contributed by atoms with E-state index in [0.717, 1.165) is 11.1 Å². The number of carbonyl (C=O) groups is 1. The Hall–Kier alpha value is -3.42. The number of carbonyl (C=O) groups excluding carboxylic acids is 1. The lowest BCUT2D eigenvalue weighted by Crippen LogP contribution is -2.30. The molecule has 0 spiro atoms. The first-order valence-electron chi connectivity index (χ1n) is 8.91. The van der Waals surface area contributed by atoms with E-state index in [2.05, 4.69) is 10.5 Å². The van der Waals surface area contributed by atoms with Gasteiger partial charge in [0.15, 0.2) is 18.1 Å². The number of hydrogen-bond acceptors (Lipinski definition) is 7. The molecule has 0 heterocycles. The molecule has 0 saturated carbocycles. The first-order valence-corrected chi connectivity index (χ1v) is 8.91. The fraction of sp³-hybridized carbons (Fsp3) is 0.333. The molecular weight excluding hydrogens is 376 g/mol. The van der Waals surface area contributed by atoms with E-state index in [0.29, 0.717) is 23.0 Å². The molecule has 0 aliphatic rings.